The summed E-state index contributed by atoms with van der Waals surface area (Å²) in [5.74, 6) is -1.44. The number of carbonyl (C=O) groups excluding carboxylic acids is 2. The molecular formula is C19H28N2O5S. The number of aryl methyl sites for hydroxylation is 1. The van der Waals surface area contributed by atoms with Crippen LogP contribution in [0.3, 0.4) is 0 Å². The second-order valence-electron chi connectivity index (χ2n) is 7.27. The van der Waals surface area contributed by atoms with Gasteiger partial charge in [-0.05, 0) is 37.8 Å². The highest BCUT2D eigenvalue weighted by Gasteiger charge is 2.35. The number of piperidine rings is 1. The number of carbonyl (C=O) groups is 2. The number of hydrogen-bond donors (Lipinski definition) is 1. The Bertz CT molecular complexity index is 774. The van der Waals surface area contributed by atoms with Gasteiger partial charge in [0.25, 0.3) is 0 Å². The van der Waals surface area contributed by atoms with Crippen LogP contribution >= 0.6 is 0 Å². The van der Waals surface area contributed by atoms with Crippen molar-refractivity contribution >= 4 is 21.9 Å². The molecule has 0 unspecified atom stereocenters. The van der Waals surface area contributed by atoms with Crippen molar-refractivity contribution in [2.75, 3.05) is 20.2 Å². The van der Waals surface area contributed by atoms with Gasteiger partial charge in [0.1, 0.15) is 6.04 Å². The first kappa shape index (κ1) is 21.4. The number of amides is 1. The summed E-state index contributed by atoms with van der Waals surface area (Å²) in [7, 11) is -2.37. The van der Waals surface area contributed by atoms with Gasteiger partial charge < -0.3 is 10.1 Å². The Morgan fingerprint density at radius 1 is 1.22 bits per heavy atom. The molecule has 0 aliphatic carbocycles. The van der Waals surface area contributed by atoms with Crippen LogP contribution in [0.25, 0.3) is 0 Å². The summed E-state index contributed by atoms with van der Waals surface area (Å²) in [4.78, 5) is 24.7. The fraction of sp³-hybridized carbons (Fsp3) is 0.579. The Balaban J connectivity index is 2.11. The van der Waals surface area contributed by atoms with Crippen LogP contribution in [-0.4, -0.2) is 50.8 Å². The predicted octanol–water partition coefficient (Wildman–Crippen LogP) is 1.71. The number of nitrogens with one attached hydrogen (secondary N) is 1. The van der Waals surface area contributed by atoms with Crippen molar-refractivity contribution in [3.8, 4) is 0 Å². The minimum absolute atomic E-state index is 0.105. The Morgan fingerprint density at radius 3 is 2.41 bits per heavy atom. The lowest BCUT2D eigenvalue weighted by Gasteiger charge is -2.32. The summed E-state index contributed by atoms with van der Waals surface area (Å²) in [5.41, 5.74) is 0.979. The first-order valence-corrected chi connectivity index (χ1v) is 10.6. The molecule has 0 radical (unpaired) electrons. The highest BCUT2D eigenvalue weighted by Crippen LogP contribution is 2.24. The van der Waals surface area contributed by atoms with Gasteiger partial charge in [-0.1, -0.05) is 31.5 Å². The Morgan fingerprint density at radius 2 is 1.85 bits per heavy atom. The fourth-order valence-electron chi connectivity index (χ4n) is 3.13. The number of nitrogens with zero attached hydrogens (tertiary/aromatic N) is 1. The van der Waals surface area contributed by atoms with E-state index in [1.54, 1.807) is 24.3 Å². The van der Waals surface area contributed by atoms with E-state index < -0.39 is 28.0 Å². The predicted molar refractivity (Wildman–Crippen MR) is 101 cm³/mol. The second kappa shape index (κ2) is 8.84. The molecule has 1 fully saturated rings. The smallest absolute Gasteiger partial charge is 0.328 e. The third kappa shape index (κ3) is 5.07. The molecule has 1 aliphatic heterocycles. The minimum Gasteiger partial charge on any atom is -0.467 e. The molecule has 2 rings (SSSR count). The zero-order valence-corrected chi connectivity index (χ0v) is 17.1. The highest BCUT2D eigenvalue weighted by molar-refractivity contribution is 7.89. The Kier molecular flexibility index (Phi) is 7.00. The zero-order valence-electron chi connectivity index (χ0n) is 16.3. The highest BCUT2D eigenvalue weighted by atomic mass is 32.2. The van der Waals surface area contributed by atoms with E-state index in [-0.39, 0.29) is 23.3 Å². The molecule has 0 saturated carbocycles. The van der Waals surface area contributed by atoms with Gasteiger partial charge in [-0.15, -0.1) is 0 Å². The van der Waals surface area contributed by atoms with Crippen molar-refractivity contribution in [3.05, 3.63) is 29.8 Å². The van der Waals surface area contributed by atoms with Gasteiger partial charge in [0.15, 0.2) is 0 Å². The number of hydrogen-bond acceptors (Lipinski definition) is 5. The van der Waals surface area contributed by atoms with E-state index in [4.69, 9.17) is 4.74 Å². The van der Waals surface area contributed by atoms with E-state index in [0.717, 1.165) is 5.56 Å². The number of esters is 1. The number of benzene rings is 1. The molecule has 7 nitrogen and oxygen atoms in total. The molecule has 1 aliphatic rings. The number of methoxy groups -OCH3 is 1. The topological polar surface area (TPSA) is 92.8 Å². The van der Waals surface area contributed by atoms with Crippen molar-refractivity contribution in [2.45, 2.75) is 44.6 Å². The van der Waals surface area contributed by atoms with Crippen LogP contribution in [-0.2, 0) is 24.3 Å². The summed E-state index contributed by atoms with van der Waals surface area (Å²) in [5, 5.41) is 2.72. The molecule has 27 heavy (non-hydrogen) atoms. The third-order valence-electron chi connectivity index (χ3n) is 4.83. The molecule has 2 atom stereocenters. The Hall–Kier alpha value is -1.93. The van der Waals surface area contributed by atoms with Crippen molar-refractivity contribution in [1.29, 1.82) is 0 Å². The molecule has 1 saturated heterocycles. The lowest BCUT2D eigenvalue weighted by atomic mass is 9.97. The lowest BCUT2D eigenvalue weighted by Crippen LogP contribution is -2.51. The van der Waals surface area contributed by atoms with Crippen LogP contribution in [0.4, 0.5) is 0 Å². The first-order chi connectivity index (χ1) is 12.7. The van der Waals surface area contributed by atoms with Crippen molar-refractivity contribution < 1.29 is 22.7 Å². The normalized spacial score (nSPS) is 19.5. The summed E-state index contributed by atoms with van der Waals surface area (Å²) >= 11 is 0. The monoisotopic (exact) mass is 396 g/mol. The summed E-state index contributed by atoms with van der Waals surface area (Å²) < 4.78 is 31.8. The van der Waals surface area contributed by atoms with Gasteiger partial charge in [-0.25, -0.2) is 13.2 Å². The van der Waals surface area contributed by atoms with Gasteiger partial charge in [0.05, 0.1) is 17.9 Å². The standard InChI is InChI=1S/C19H28N2O5S/c1-13(2)17(19(23)26-4)20-18(22)15-6-5-11-21(12-15)27(24,25)16-9-7-14(3)8-10-16/h7-10,13,15,17H,5-6,11-12H2,1-4H3,(H,20,22)/t15-,17+/m0/s1. The second-order valence-corrected chi connectivity index (χ2v) is 9.21. The Labute approximate surface area is 161 Å². The average molecular weight is 397 g/mol. The summed E-state index contributed by atoms with van der Waals surface area (Å²) in [6.07, 6.45) is 1.17. The van der Waals surface area contributed by atoms with E-state index >= 15 is 0 Å². The number of ether oxygens (including phenoxy) is 1. The molecule has 1 aromatic rings. The maximum absolute atomic E-state index is 12.9. The molecular weight excluding hydrogens is 368 g/mol. The maximum Gasteiger partial charge on any atom is 0.328 e. The summed E-state index contributed by atoms with van der Waals surface area (Å²) in [6, 6.07) is 5.93. The number of rotatable bonds is 6. The van der Waals surface area contributed by atoms with Gasteiger partial charge in [-0.3, -0.25) is 4.79 Å². The van der Waals surface area contributed by atoms with E-state index in [1.807, 2.05) is 20.8 Å². The largest absolute Gasteiger partial charge is 0.467 e. The van der Waals surface area contributed by atoms with E-state index in [2.05, 4.69) is 5.32 Å². The first-order valence-electron chi connectivity index (χ1n) is 9.12. The number of sulfonamides is 1. The van der Waals surface area contributed by atoms with Crippen LogP contribution < -0.4 is 5.32 Å². The van der Waals surface area contributed by atoms with Gasteiger partial charge in [0, 0.05) is 13.1 Å². The van der Waals surface area contributed by atoms with Crippen LogP contribution in [0, 0.1) is 18.8 Å². The minimum atomic E-state index is -3.65. The molecule has 8 heteroatoms. The van der Waals surface area contributed by atoms with E-state index in [1.165, 1.54) is 11.4 Å². The average Bonchev–Trinajstić information content (AvgIpc) is 2.65. The third-order valence-corrected chi connectivity index (χ3v) is 6.71. The molecule has 150 valence electrons. The lowest BCUT2D eigenvalue weighted by molar-refractivity contribution is -0.147. The quantitative estimate of drug-likeness (QED) is 0.739. The molecule has 1 amide bonds. The van der Waals surface area contributed by atoms with Gasteiger partial charge in [0.2, 0.25) is 15.9 Å². The van der Waals surface area contributed by atoms with Crippen LogP contribution in [0.15, 0.2) is 29.2 Å². The molecule has 0 aromatic heterocycles. The van der Waals surface area contributed by atoms with Crippen LogP contribution in [0.1, 0.15) is 32.3 Å². The fourth-order valence-corrected chi connectivity index (χ4v) is 4.65. The summed E-state index contributed by atoms with van der Waals surface area (Å²) in [6.45, 7) is 6.01. The molecule has 1 heterocycles. The van der Waals surface area contributed by atoms with Crippen LogP contribution in [0.5, 0.6) is 0 Å². The van der Waals surface area contributed by atoms with Crippen LogP contribution in [0.2, 0.25) is 0 Å². The van der Waals surface area contributed by atoms with Gasteiger partial charge >= 0.3 is 5.97 Å². The zero-order chi connectivity index (χ0) is 20.2. The molecule has 0 spiro atoms. The van der Waals surface area contributed by atoms with Gasteiger partial charge in [-0.2, -0.15) is 4.31 Å². The maximum atomic E-state index is 12.9. The molecule has 0 bridgehead atoms. The van der Waals surface area contributed by atoms with Crippen molar-refractivity contribution in [1.82, 2.24) is 9.62 Å². The SMILES string of the molecule is COC(=O)[C@H](NC(=O)[C@H]1CCCN(S(=O)(=O)c2ccc(C)cc2)C1)C(C)C. The van der Waals surface area contributed by atoms with E-state index in [0.29, 0.717) is 19.4 Å². The van der Waals surface area contributed by atoms with Crippen molar-refractivity contribution in [2.24, 2.45) is 11.8 Å². The molecule has 1 aromatic carbocycles. The van der Waals surface area contributed by atoms with E-state index in [9.17, 15) is 18.0 Å². The van der Waals surface area contributed by atoms with Crippen molar-refractivity contribution in [3.63, 3.8) is 0 Å². The molecule has 1 N–H and O–H groups in total.